The summed E-state index contributed by atoms with van der Waals surface area (Å²) in [6.07, 6.45) is 2.18. The van der Waals surface area contributed by atoms with Crippen LogP contribution in [0.4, 0.5) is 9.80 Å². The highest BCUT2D eigenvalue weighted by Crippen LogP contribution is 2.43. The van der Waals surface area contributed by atoms with Crippen molar-refractivity contribution >= 4 is 22.4 Å². The van der Waals surface area contributed by atoms with Gasteiger partial charge in [-0.05, 0) is 43.4 Å². The zero-order valence-corrected chi connectivity index (χ0v) is 11.0. The number of carbonyl (C=O) groups is 1. The van der Waals surface area contributed by atoms with E-state index < -0.39 is 0 Å². The predicted octanol–water partition coefficient (Wildman–Crippen LogP) is 2.17. The van der Waals surface area contributed by atoms with E-state index in [0.29, 0.717) is 5.92 Å². The van der Waals surface area contributed by atoms with Crippen molar-refractivity contribution in [2.75, 3.05) is 31.1 Å². The number of carbonyl (C=O) groups excluding carboxylic acids is 1. The number of piperidine rings is 3. The zero-order valence-electron chi connectivity index (χ0n) is 10.2. The first kappa shape index (κ1) is 10.8. The summed E-state index contributed by atoms with van der Waals surface area (Å²) in [5.41, 5.74) is -0.239. The molecular weight excluding hydrogens is 248 g/mol. The van der Waals surface area contributed by atoms with Gasteiger partial charge < -0.3 is 4.74 Å². The van der Waals surface area contributed by atoms with Crippen molar-refractivity contribution in [1.29, 1.82) is 0 Å². The molecule has 1 atom stereocenters. The molecule has 18 heavy (non-hydrogen) atoms. The average Bonchev–Trinajstić information content (AvgIpc) is 2.99. The number of ether oxygens (including phenoxy) is 1. The number of thiophene rings is 1. The van der Waals surface area contributed by atoms with Crippen molar-refractivity contribution in [3.05, 3.63) is 17.5 Å². The van der Waals surface area contributed by atoms with E-state index in [1.165, 1.54) is 25.9 Å². The largest absolute Gasteiger partial charge is 0.439 e. The summed E-state index contributed by atoms with van der Waals surface area (Å²) in [6.45, 7) is 3.99. The van der Waals surface area contributed by atoms with Crippen molar-refractivity contribution in [1.82, 2.24) is 4.90 Å². The van der Waals surface area contributed by atoms with Crippen LogP contribution in [-0.4, -0.2) is 42.8 Å². The molecule has 0 saturated carbocycles. The molecule has 0 unspecified atom stereocenters. The van der Waals surface area contributed by atoms with Crippen molar-refractivity contribution in [2.24, 2.45) is 5.92 Å². The molecule has 0 aliphatic carbocycles. The Balaban J connectivity index is 1.64. The molecule has 4 nitrogen and oxygen atoms in total. The van der Waals surface area contributed by atoms with Gasteiger partial charge in [0.15, 0.2) is 0 Å². The van der Waals surface area contributed by atoms with Crippen LogP contribution in [-0.2, 0) is 4.74 Å². The Hall–Kier alpha value is -1.07. The van der Waals surface area contributed by atoms with Crippen LogP contribution in [0.5, 0.6) is 0 Å². The van der Waals surface area contributed by atoms with Gasteiger partial charge in [0.25, 0.3) is 0 Å². The lowest BCUT2D eigenvalue weighted by Crippen LogP contribution is -2.61. The molecule has 0 radical (unpaired) electrons. The molecule has 2 bridgehead atoms. The van der Waals surface area contributed by atoms with E-state index in [1.54, 1.807) is 11.3 Å². The van der Waals surface area contributed by atoms with E-state index in [4.69, 9.17) is 4.74 Å². The fourth-order valence-electron chi connectivity index (χ4n) is 3.60. The average molecular weight is 264 g/mol. The summed E-state index contributed by atoms with van der Waals surface area (Å²) in [6, 6.07) is 3.97. The van der Waals surface area contributed by atoms with Gasteiger partial charge in [-0.25, -0.2) is 4.79 Å². The minimum absolute atomic E-state index is 0.161. The molecule has 1 aromatic heterocycles. The number of fused-ring (bicyclic) bond motifs is 2. The smallest absolute Gasteiger partial charge is 0.415 e. The second kappa shape index (κ2) is 3.71. The molecule has 96 valence electrons. The highest BCUT2D eigenvalue weighted by molar-refractivity contribution is 7.14. The van der Waals surface area contributed by atoms with Gasteiger partial charge in [0.1, 0.15) is 10.6 Å². The Labute approximate surface area is 110 Å². The van der Waals surface area contributed by atoms with Crippen molar-refractivity contribution in [3.63, 3.8) is 0 Å². The van der Waals surface area contributed by atoms with Gasteiger partial charge in [-0.2, -0.15) is 0 Å². The molecule has 0 aromatic carbocycles. The molecule has 5 heteroatoms. The number of hydrogen-bond acceptors (Lipinski definition) is 4. The third-order valence-electron chi connectivity index (χ3n) is 4.53. The lowest BCUT2D eigenvalue weighted by Gasteiger charge is -2.49. The third kappa shape index (κ3) is 1.44. The number of amides is 1. The van der Waals surface area contributed by atoms with Crippen LogP contribution < -0.4 is 4.90 Å². The van der Waals surface area contributed by atoms with E-state index in [2.05, 4.69) is 4.90 Å². The molecule has 4 aliphatic heterocycles. The van der Waals surface area contributed by atoms with E-state index >= 15 is 0 Å². The Morgan fingerprint density at radius 3 is 2.78 bits per heavy atom. The summed E-state index contributed by atoms with van der Waals surface area (Å²) in [5.74, 6) is 0.552. The number of hydrogen-bond donors (Lipinski definition) is 0. The molecule has 4 saturated heterocycles. The Bertz CT molecular complexity index is 467. The molecule has 5 rings (SSSR count). The van der Waals surface area contributed by atoms with Crippen LogP contribution in [0.25, 0.3) is 0 Å². The molecule has 4 fully saturated rings. The SMILES string of the molecule is O=C1O[C@@]2(CN3CCC2CC3)CN1c1cccs1. The van der Waals surface area contributed by atoms with Gasteiger partial charge in [0.05, 0.1) is 6.54 Å². The summed E-state index contributed by atoms with van der Waals surface area (Å²) in [4.78, 5) is 16.4. The normalized spacial score (nSPS) is 38.4. The fourth-order valence-corrected chi connectivity index (χ4v) is 4.32. The van der Waals surface area contributed by atoms with Crippen LogP contribution in [0.1, 0.15) is 12.8 Å². The molecule has 1 amide bonds. The summed E-state index contributed by atoms with van der Waals surface area (Å²) in [5, 5.41) is 3.01. The van der Waals surface area contributed by atoms with Crippen LogP contribution in [0, 0.1) is 5.92 Å². The molecule has 0 N–H and O–H groups in total. The number of rotatable bonds is 1. The standard InChI is InChI=1S/C13H16N2O2S/c16-12-15(11-2-1-7-18-11)9-13(17-12)8-14-5-3-10(13)4-6-14/h1-2,7,10H,3-6,8-9H2/t13-/m0/s1. The molecule has 1 aromatic rings. The number of anilines is 1. The summed E-state index contributed by atoms with van der Waals surface area (Å²) >= 11 is 1.60. The molecule has 5 heterocycles. The fraction of sp³-hybridized carbons (Fsp3) is 0.615. The lowest BCUT2D eigenvalue weighted by molar-refractivity contribution is -0.0881. The minimum Gasteiger partial charge on any atom is -0.439 e. The monoisotopic (exact) mass is 264 g/mol. The van der Waals surface area contributed by atoms with Crippen molar-refractivity contribution < 1.29 is 9.53 Å². The third-order valence-corrected chi connectivity index (χ3v) is 5.42. The van der Waals surface area contributed by atoms with E-state index in [-0.39, 0.29) is 11.7 Å². The molecule has 1 spiro atoms. The summed E-state index contributed by atoms with van der Waals surface area (Å²) < 4.78 is 5.81. The lowest BCUT2D eigenvalue weighted by atomic mass is 9.75. The van der Waals surface area contributed by atoms with Crippen LogP contribution >= 0.6 is 11.3 Å². The van der Waals surface area contributed by atoms with Gasteiger partial charge in [-0.15, -0.1) is 11.3 Å². The number of nitrogens with zero attached hydrogens (tertiary/aromatic N) is 2. The first-order valence-electron chi connectivity index (χ1n) is 6.53. The Morgan fingerprint density at radius 1 is 1.33 bits per heavy atom. The molecular formula is C13H16N2O2S. The van der Waals surface area contributed by atoms with Crippen LogP contribution in [0.15, 0.2) is 17.5 Å². The van der Waals surface area contributed by atoms with E-state index in [1.807, 2.05) is 22.4 Å². The minimum atomic E-state index is -0.239. The maximum Gasteiger partial charge on any atom is 0.415 e. The predicted molar refractivity (Wildman–Crippen MR) is 70.0 cm³/mol. The second-order valence-electron chi connectivity index (χ2n) is 5.52. The van der Waals surface area contributed by atoms with Gasteiger partial charge >= 0.3 is 6.09 Å². The topological polar surface area (TPSA) is 32.8 Å². The molecule has 4 aliphatic rings. The highest BCUT2D eigenvalue weighted by Gasteiger charge is 2.55. The highest BCUT2D eigenvalue weighted by atomic mass is 32.1. The quantitative estimate of drug-likeness (QED) is 0.779. The first-order valence-corrected chi connectivity index (χ1v) is 7.41. The van der Waals surface area contributed by atoms with Crippen molar-refractivity contribution in [2.45, 2.75) is 18.4 Å². The van der Waals surface area contributed by atoms with Gasteiger partial charge in [-0.3, -0.25) is 9.80 Å². The van der Waals surface area contributed by atoms with Gasteiger partial charge in [0, 0.05) is 12.5 Å². The maximum absolute atomic E-state index is 12.1. The zero-order chi connectivity index (χ0) is 12.2. The second-order valence-corrected chi connectivity index (χ2v) is 6.45. The van der Waals surface area contributed by atoms with Crippen LogP contribution in [0.3, 0.4) is 0 Å². The van der Waals surface area contributed by atoms with Crippen molar-refractivity contribution in [3.8, 4) is 0 Å². The van der Waals surface area contributed by atoms with Gasteiger partial charge in [0.2, 0.25) is 0 Å². The summed E-state index contributed by atoms with van der Waals surface area (Å²) in [7, 11) is 0. The maximum atomic E-state index is 12.1. The van der Waals surface area contributed by atoms with Gasteiger partial charge in [-0.1, -0.05) is 0 Å². The Kier molecular flexibility index (Phi) is 2.23. The van der Waals surface area contributed by atoms with Crippen LogP contribution in [0.2, 0.25) is 0 Å². The van der Waals surface area contributed by atoms with E-state index in [9.17, 15) is 4.79 Å². The Morgan fingerprint density at radius 2 is 2.17 bits per heavy atom. The first-order chi connectivity index (χ1) is 8.77. The van der Waals surface area contributed by atoms with E-state index in [0.717, 1.165) is 18.1 Å².